The van der Waals surface area contributed by atoms with Gasteiger partial charge in [-0.05, 0) is 59.7 Å². The van der Waals surface area contributed by atoms with E-state index < -0.39 is 0 Å². The van der Waals surface area contributed by atoms with Crippen LogP contribution >= 0.6 is 0 Å². The third-order valence-corrected chi connectivity index (χ3v) is 5.00. The fourth-order valence-corrected chi connectivity index (χ4v) is 3.32. The van der Waals surface area contributed by atoms with Gasteiger partial charge in [0.15, 0.2) is 5.82 Å². The van der Waals surface area contributed by atoms with Crippen molar-refractivity contribution in [1.82, 2.24) is 15.1 Å². The molecule has 0 bridgehead atoms. The average Bonchev–Trinajstić information content (AvgIpc) is 2.37. The van der Waals surface area contributed by atoms with Crippen molar-refractivity contribution in [2.24, 2.45) is 0 Å². The first-order chi connectivity index (χ1) is 8.77. The van der Waals surface area contributed by atoms with Crippen molar-refractivity contribution in [2.75, 3.05) is 19.0 Å². The molecule has 1 aromatic heterocycles. The number of likely N-dealkylation sites (N-methyl/N-ethyl adjacent to an activating group) is 2. The first kappa shape index (κ1) is 14.3. The number of anilines is 1. The highest BCUT2D eigenvalue weighted by Gasteiger charge is 2.46. The zero-order chi connectivity index (χ0) is 14.3. The number of piperidine rings is 1. The van der Waals surface area contributed by atoms with Crippen LogP contribution in [0, 0.1) is 0 Å². The summed E-state index contributed by atoms with van der Waals surface area (Å²) in [4.78, 5) is 4.78. The first-order valence-corrected chi connectivity index (χ1v) is 7.01. The maximum Gasteiger partial charge on any atom is 0.151 e. The highest BCUT2D eigenvalue weighted by atomic mass is 15.3. The minimum atomic E-state index is 0.105. The van der Waals surface area contributed by atoms with Gasteiger partial charge in [0.1, 0.15) is 0 Å². The zero-order valence-corrected chi connectivity index (χ0v) is 13.0. The summed E-state index contributed by atoms with van der Waals surface area (Å²) in [5, 5.41) is 8.23. The van der Waals surface area contributed by atoms with E-state index in [0.29, 0.717) is 6.04 Å². The molecule has 0 aromatic carbocycles. The number of hydrogen-bond acceptors (Lipinski definition) is 4. The molecule has 19 heavy (non-hydrogen) atoms. The number of rotatable bonds is 2. The van der Waals surface area contributed by atoms with E-state index in [1.54, 1.807) is 6.20 Å². The predicted octanol–water partition coefficient (Wildman–Crippen LogP) is 2.56. The minimum Gasteiger partial charge on any atom is -0.353 e. The molecule has 0 saturated carbocycles. The lowest BCUT2D eigenvalue weighted by atomic mass is 9.76. The van der Waals surface area contributed by atoms with Crippen LogP contribution < -0.4 is 4.90 Å². The molecule has 1 aliphatic rings. The molecule has 0 radical (unpaired) electrons. The third kappa shape index (κ3) is 2.46. The Kier molecular flexibility index (Phi) is 3.56. The lowest BCUT2D eigenvalue weighted by Gasteiger charge is -2.57. The molecule has 1 saturated heterocycles. The highest BCUT2D eigenvalue weighted by molar-refractivity contribution is 5.38. The second kappa shape index (κ2) is 4.75. The highest BCUT2D eigenvalue weighted by Crippen LogP contribution is 2.39. The summed E-state index contributed by atoms with van der Waals surface area (Å²) in [6.45, 7) is 9.30. The second-order valence-corrected chi connectivity index (χ2v) is 6.77. The topological polar surface area (TPSA) is 32.3 Å². The second-order valence-electron chi connectivity index (χ2n) is 6.77. The van der Waals surface area contributed by atoms with E-state index in [9.17, 15) is 0 Å². The van der Waals surface area contributed by atoms with E-state index in [1.165, 1.54) is 12.8 Å². The maximum absolute atomic E-state index is 4.24. The quantitative estimate of drug-likeness (QED) is 0.820. The molecule has 1 aromatic rings. The Morgan fingerprint density at radius 1 is 1.32 bits per heavy atom. The SMILES string of the molecule is CN(c1cccnn1)C1CCC(C)(C)N(C)C1(C)C. The van der Waals surface area contributed by atoms with Gasteiger partial charge in [-0.15, -0.1) is 5.10 Å². The summed E-state index contributed by atoms with van der Waals surface area (Å²) in [5.41, 5.74) is 0.358. The number of hydrogen-bond donors (Lipinski definition) is 0. The Bertz CT molecular complexity index is 427. The van der Waals surface area contributed by atoms with E-state index in [-0.39, 0.29) is 11.1 Å². The first-order valence-electron chi connectivity index (χ1n) is 7.01. The van der Waals surface area contributed by atoms with Gasteiger partial charge in [-0.1, -0.05) is 0 Å². The molecule has 0 amide bonds. The minimum absolute atomic E-state index is 0.105. The molecule has 106 valence electrons. The van der Waals surface area contributed by atoms with E-state index in [2.05, 4.69) is 61.8 Å². The Labute approximate surface area is 116 Å². The lowest BCUT2D eigenvalue weighted by molar-refractivity contribution is -0.0176. The van der Waals surface area contributed by atoms with Crippen LogP contribution in [0.1, 0.15) is 40.5 Å². The molecule has 0 spiro atoms. The smallest absolute Gasteiger partial charge is 0.151 e. The summed E-state index contributed by atoms with van der Waals surface area (Å²) in [5.74, 6) is 0.952. The Morgan fingerprint density at radius 3 is 2.58 bits per heavy atom. The van der Waals surface area contributed by atoms with Crippen molar-refractivity contribution in [3.63, 3.8) is 0 Å². The molecule has 2 rings (SSSR count). The van der Waals surface area contributed by atoms with Gasteiger partial charge in [0.25, 0.3) is 0 Å². The zero-order valence-electron chi connectivity index (χ0n) is 13.0. The summed E-state index contributed by atoms with van der Waals surface area (Å²) in [6, 6.07) is 4.42. The fraction of sp³-hybridized carbons (Fsp3) is 0.733. The van der Waals surface area contributed by atoms with Crippen LogP contribution in [-0.4, -0.2) is 46.3 Å². The molecule has 1 fully saturated rings. The Balaban J connectivity index is 2.26. The molecule has 0 N–H and O–H groups in total. The maximum atomic E-state index is 4.24. The Hall–Kier alpha value is -1.16. The van der Waals surface area contributed by atoms with E-state index >= 15 is 0 Å². The molecular formula is C15H26N4. The van der Waals surface area contributed by atoms with Gasteiger partial charge in [0.2, 0.25) is 0 Å². The summed E-state index contributed by atoms with van der Waals surface area (Å²) in [7, 11) is 4.36. The van der Waals surface area contributed by atoms with Crippen molar-refractivity contribution in [2.45, 2.75) is 57.7 Å². The predicted molar refractivity (Wildman–Crippen MR) is 79.4 cm³/mol. The Morgan fingerprint density at radius 2 is 2.00 bits per heavy atom. The van der Waals surface area contributed by atoms with Gasteiger partial charge in [-0.2, -0.15) is 5.10 Å². The van der Waals surface area contributed by atoms with Crippen LogP contribution in [0.15, 0.2) is 18.3 Å². The van der Waals surface area contributed by atoms with Gasteiger partial charge in [0.05, 0.1) is 0 Å². The van der Waals surface area contributed by atoms with Crippen molar-refractivity contribution >= 4 is 5.82 Å². The van der Waals surface area contributed by atoms with Gasteiger partial charge in [-0.25, -0.2) is 0 Å². The lowest BCUT2D eigenvalue weighted by Crippen LogP contribution is -2.66. The van der Waals surface area contributed by atoms with Crippen LogP contribution in [0.4, 0.5) is 5.82 Å². The largest absolute Gasteiger partial charge is 0.353 e. The van der Waals surface area contributed by atoms with Crippen molar-refractivity contribution in [3.8, 4) is 0 Å². The van der Waals surface area contributed by atoms with E-state index in [4.69, 9.17) is 0 Å². The van der Waals surface area contributed by atoms with Gasteiger partial charge in [0, 0.05) is 30.4 Å². The van der Waals surface area contributed by atoms with Gasteiger partial charge < -0.3 is 4.90 Å². The van der Waals surface area contributed by atoms with Crippen LogP contribution in [0.5, 0.6) is 0 Å². The molecule has 2 heterocycles. The summed E-state index contributed by atoms with van der Waals surface area (Å²) >= 11 is 0. The third-order valence-electron chi connectivity index (χ3n) is 5.00. The summed E-state index contributed by atoms with van der Waals surface area (Å²) in [6.07, 6.45) is 4.10. The summed E-state index contributed by atoms with van der Waals surface area (Å²) < 4.78 is 0. The molecule has 4 nitrogen and oxygen atoms in total. The van der Waals surface area contributed by atoms with Crippen LogP contribution in [0.2, 0.25) is 0 Å². The van der Waals surface area contributed by atoms with Crippen LogP contribution in [0.3, 0.4) is 0 Å². The van der Waals surface area contributed by atoms with Crippen molar-refractivity contribution in [1.29, 1.82) is 0 Å². The molecular weight excluding hydrogens is 236 g/mol. The molecule has 1 unspecified atom stereocenters. The molecule has 1 atom stereocenters. The molecule has 4 heteroatoms. The normalized spacial score (nSPS) is 26.1. The van der Waals surface area contributed by atoms with Crippen LogP contribution in [0.25, 0.3) is 0 Å². The monoisotopic (exact) mass is 262 g/mol. The number of aromatic nitrogens is 2. The van der Waals surface area contributed by atoms with Gasteiger partial charge >= 0.3 is 0 Å². The standard InChI is InChI=1S/C15H26N4/c1-14(2)10-9-12(15(3,4)19(14)6)18(5)13-8-7-11-16-17-13/h7-8,11-12H,9-10H2,1-6H3. The number of nitrogens with zero attached hydrogens (tertiary/aromatic N) is 4. The van der Waals surface area contributed by atoms with E-state index in [1.807, 2.05) is 12.1 Å². The van der Waals surface area contributed by atoms with Gasteiger partial charge in [-0.3, -0.25) is 4.90 Å². The molecule has 0 aliphatic carbocycles. The van der Waals surface area contributed by atoms with E-state index in [0.717, 1.165) is 5.82 Å². The molecule has 1 aliphatic heterocycles. The van der Waals surface area contributed by atoms with Crippen molar-refractivity contribution < 1.29 is 0 Å². The average molecular weight is 262 g/mol. The van der Waals surface area contributed by atoms with Crippen molar-refractivity contribution in [3.05, 3.63) is 18.3 Å². The fourth-order valence-electron chi connectivity index (χ4n) is 3.32. The van der Waals surface area contributed by atoms with Crippen LogP contribution in [-0.2, 0) is 0 Å². The number of likely N-dealkylation sites (tertiary alicyclic amines) is 1.